The van der Waals surface area contributed by atoms with Gasteiger partial charge in [0.25, 0.3) is 5.91 Å². The summed E-state index contributed by atoms with van der Waals surface area (Å²) in [6.45, 7) is 11.1. The second-order valence-electron chi connectivity index (χ2n) is 7.98. The van der Waals surface area contributed by atoms with Gasteiger partial charge in [0, 0.05) is 6.54 Å². The van der Waals surface area contributed by atoms with Crippen LogP contribution >= 0.6 is 0 Å². The van der Waals surface area contributed by atoms with Crippen LogP contribution in [-0.4, -0.2) is 47.6 Å². The number of carbonyl (C=O) groups is 1. The molecule has 0 aromatic heterocycles. The Labute approximate surface area is 160 Å². The summed E-state index contributed by atoms with van der Waals surface area (Å²) >= 11 is 0. The highest BCUT2D eigenvalue weighted by Crippen LogP contribution is 2.50. The molecule has 0 aliphatic carbocycles. The highest BCUT2D eigenvalue weighted by Gasteiger charge is 2.68. The van der Waals surface area contributed by atoms with Gasteiger partial charge in [0.2, 0.25) is 0 Å². The van der Waals surface area contributed by atoms with E-state index in [1.807, 2.05) is 62.1 Å². The van der Waals surface area contributed by atoms with Crippen LogP contribution < -0.4 is 0 Å². The van der Waals surface area contributed by atoms with E-state index in [-0.39, 0.29) is 18.1 Å². The van der Waals surface area contributed by atoms with Gasteiger partial charge in [0.05, 0.1) is 13.2 Å². The van der Waals surface area contributed by atoms with Gasteiger partial charge in [-0.1, -0.05) is 36.4 Å². The molecule has 2 saturated heterocycles. The molecule has 27 heavy (non-hydrogen) atoms. The molecule has 0 bridgehead atoms. The second-order valence-corrected chi connectivity index (χ2v) is 7.98. The smallest absolute Gasteiger partial charge is 0.262 e. The molecule has 5 nitrogen and oxygen atoms in total. The van der Waals surface area contributed by atoms with Gasteiger partial charge in [-0.15, -0.1) is 6.58 Å². The maximum Gasteiger partial charge on any atom is 0.262 e. The Morgan fingerprint density at radius 3 is 2.63 bits per heavy atom. The molecular weight excluding hydrogens is 342 g/mol. The number of rotatable bonds is 5. The van der Waals surface area contributed by atoms with Crippen LogP contribution in [0.5, 0.6) is 0 Å². The van der Waals surface area contributed by atoms with E-state index in [9.17, 15) is 4.79 Å². The molecule has 0 radical (unpaired) electrons. The molecule has 3 aliphatic rings. The van der Waals surface area contributed by atoms with E-state index in [1.54, 1.807) is 0 Å². The van der Waals surface area contributed by atoms with E-state index < -0.39 is 11.4 Å². The average Bonchev–Trinajstić information content (AvgIpc) is 3.17. The predicted octanol–water partition coefficient (Wildman–Crippen LogP) is 3.21. The maximum atomic E-state index is 13.3. The third-order valence-electron chi connectivity index (χ3n) is 5.86. The zero-order valence-electron chi connectivity index (χ0n) is 16.2. The number of β-lactam (4-membered cyclic amide) rings is 1. The van der Waals surface area contributed by atoms with Gasteiger partial charge in [0.15, 0.2) is 11.4 Å². The van der Waals surface area contributed by atoms with Crippen molar-refractivity contribution >= 4 is 5.91 Å². The number of allylic oxidation sites excluding steroid dienone is 1. The van der Waals surface area contributed by atoms with Crippen LogP contribution in [0.15, 0.2) is 54.1 Å². The first-order valence-electron chi connectivity index (χ1n) is 9.50. The van der Waals surface area contributed by atoms with Crippen molar-refractivity contribution in [3.63, 3.8) is 0 Å². The SMILES string of the molecule is C=CCC1=C(C)[C@]2(OC1)C(=O)N(Cc1ccccc1)[C@H]2[C@H]1COC(C)(C)O1. The summed E-state index contributed by atoms with van der Waals surface area (Å²) in [6.07, 6.45) is 2.37. The standard InChI is InChI=1S/C22H27NO4/c1-5-9-17-13-26-22(15(17)2)19(18-14-25-21(3,4)27-18)23(20(22)24)12-16-10-7-6-8-11-16/h5-8,10-11,18-19H,1,9,12-14H2,2-4H3/t18-,19+,22-/m1/s1. The predicted molar refractivity (Wildman–Crippen MR) is 102 cm³/mol. The lowest BCUT2D eigenvalue weighted by molar-refractivity contribution is -0.213. The van der Waals surface area contributed by atoms with Gasteiger partial charge in [0.1, 0.15) is 12.1 Å². The van der Waals surface area contributed by atoms with Crippen LogP contribution in [0.3, 0.4) is 0 Å². The van der Waals surface area contributed by atoms with Crippen molar-refractivity contribution in [2.75, 3.05) is 13.2 Å². The Bertz CT molecular complexity index is 785. The normalized spacial score (nSPS) is 32.3. The summed E-state index contributed by atoms with van der Waals surface area (Å²) < 4.78 is 18.1. The number of likely N-dealkylation sites (tertiary alicyclic amines) is 1. The Hall–Kier alpha value is -1.95. The highest BCUT2D eigenvalue weighted by atomic mass is 16.7. The van der Waals surface area contributed by atoms with Crippen LogP contribution in [0.25, 0.3) is 0 Å². The van der Waals surface area contributed by atoms with E-state index in [1.165, 1.54) is 0 Å². The lowest BCUT2D eigenvalue weighted by Gasteiger charge is -2.56. The van der Waals surface area contributed by atoms with Gasteiger partial charge in [-0.2, -0.15) is 0 Å². The zero-order valence-corrected chi connectivity index (χ0v) is 16.2. The molecule has 1 aromatic rings. The minimum Gasteiger partial charge on any atom is -0.354 e. The molecule has 5 heteroatoms. The summed E-state index contributed by atoms with van der Waals surface area (Å²) in [5, 5.41) is 0. The number of benzene rings is 1. The Balaban J connectivity index is 1.67. The monoisotopic (exact) mass is 369 g/mol. The summed E-state index contributed by atoms with van der Waals surface area (Å²) in [6, 6.07) is 9.82. The Kier molecular flexibility index (Phi) is 4.49. The molecule has 1 aromatic carbocycles. The van der Waals surface area contributed by atoms with E-state index >= 15 is 0 Å². The highest BCUT2D eigenvalue weighted by molar-refractivity contribution is 5.97. The van der Waals surface area contributed by atoms with E-state index in [2.05, 4.69) is 6.58 Å². The van der Waals surface area contributed by atoms with Crippen molar-refractivity contribution in [3.05, 3.63) is 59.7 Å². The van der Waals surface area contributed by atoms with E-state index in [0.717, 1.165) is 23.1 Å². The molecule has 0 unspecified atom stereocenters. The lowest BCUT2D eigenvalue weighted by Crippen LogP contribution is -2.77. The largest absolute Gasteiger partial charge is 0.354 e. The molecule has 0 saturated carbocycles. The fraction of sp³-hybridized carbons (Fsp3) is 0.500. The molecule has 3 heterocycles. The van der Waals surface area contributed by atoms with E-state index in [4.69, 9.17) is 14.2 Å². The summed E-state index contributed by atoms with van der Waals surface area (Å²) in [4.78, 5) is 15.2. The van der Waals surface area contributed by atoms with Crippen LogP contribution in [0, 0.1) is 0 Å². The fourth-order valence-electron chi connectivity index (χ4n) is 4.50. The van der Waals surface area contributed by atoms with Gasteiger partial charge >= 0.3 is 0 Å². The summed E-state index contributed by atoms with van der Waals surface area (Å²) in [5.41, 5.74) is 2.31. The number of hydrogen-bond acceptors (Lipinski definition) is 4. The molecule has 3 aliphatic heterocycles. The summed E-state index contributed by atoms with van der Waals surface area (Å²) in [5.74, 6) is -0.635. The molecular formula is C22H27NO4. The molecule has 1 spiro atoms. The molecule has 0 N–H and O–H groups in total. The van der Waals surface area contributed by atoms with Crippen molar-refractivity contribution in [3.8, 4) is 0 Å². The number of amides is 1. The first kappa shape index (κ1) is 18.4. The topological polar surface area (TPSA) is 48.0 Å². The van der Waals surface area contributed by atoms with Crippen molar-refractivity contribution < 1.29 is 19.0 Å². The Morgan fingerprint density at radius 1 is 1.26 bits per heavy atom. The minimum atomic E-state index is -0.929. The van der Waals surface area contributed by atoms with Crippen molar-refractivity contribution in [2.24, 2.45) is 0 Å². The molecule has 3 atom stereocenters. The van der Waals surface area contributed by atoms with Gasteiger partial charge < -0.3 is 19.1 Å². The van der Waals surface area contributed by atoms with Crippen molar-refractivity contribution in [1.29, 1.82) is 0 Å². The van der Waals surface area contributed by atoms with Crippen LogP contribution in [-0.2, 0) is 25.5 Å². The van der Waals surface area contributed by atoms with Crippen molar-refractivity contribution in [2.45, 2.75) is 57.3 Å². The van der Waals surface area contributed by atoms with Crippen LogP contribution in [0.1, 0.15) is 32.8 Å². The molecule has 4 rings (SSSR count). The second kappa shape index (κ2) is 6.59. The zero-order chi connectivity index (χ0) is 19.2. The lowest BCUT2D eigenvalue weighted by atomic mass is 9.73. The number of ether oxygens (including phenoxy) is 3. The van der Waals surface area contributed by atoms with Gasteiger partial charge in [-0.25, -0.2) is 0 Å². The van der Waals surface area contributed by atoms with E-state index in [0.29, 0.717) is 19.8 Å². The number of hydrogen-bond donors (Lipinski definition) is 0. The van der Waals surface area contributed by atoms with Gasteiger partial charge in [-0.05, 0) is 43.9 Å². The van der Waals surface area contributed by atoms with Gasteiger partial charge in [-0.3, -0.25) is 4.79 Å². The molecule has 1 amide bonds. The minimum absolute atomic E-state index is 0.0150. The first-order chi connectivity index (χ1) is 12.9. The number of nitrogens with zero attached hydrogens (tertiary/aromatic N) is 1. The van der Waals surface area contributed by atoms with Crippen LogP contribution in [0.2, 0.25) is 0 Å². The number of carbonyl (C=O) groups excluding carboxylic acids is 1. The third kappa shape index (κ3) is 2.85. The molecule has 2 fully saturated rings. The maximum absolute atomic E-state index is 13.3. The average molecular weight is 369 g/mol. The summed E-state index contributed by atoms with van der Waals surface area (Å²) in [7, 11) is 0. The Morgan fingerprint density at radius 2 is 2.00 bits per heavy atom. The first-order valence-corrected chi connectivity index (χ1v) is 9.50. The fourth-order valence-corrected chi connectivity index (χ4v) is 4.50. The third-order valence-corrected chi connectivity index (χ3v) is 5.86. The quantitative estimate of drug-likeness (QED) is 0.591. The van der Waals surface area contributed by atoms with Crippen LogP contribution in [0.4, 0.5) is 0 Å². The van der Waals surface area contributed by atoms with Crippen molar-refractivity contribution in [1.82, 2.24) is 4.90 Å². The molecule has 144 valence electrons.